The van der Waals surface area contributed by atoms with Crippen molar-refractivity contribution in [2.45, 2.75) is 20.4 Å². The normalized spacial score (nSPS) is 10.7. The van der Waals surface area contributed by atoms with Crippen molar-refractivity contribution in [1.29, 1.82) is 0 Å². The van der Waals surface area contributed by atoms with Crippen LogP contribution in [0.15, 0.2) is 36.4 Å². The third-order valence-electron chi connectivity index (χ3n) is 3.09. The van der Waals surface area contributed by atoms with Gasteiger partial charge in [-0.3, -0.25) is 0 Å². The summed E-state index contributed by atoms with van der Waals surface area (Å²) in [5.74, 6) is 0. The molecule has 3 heteroatoms. The molecule has 19 heavy (non-hydrogen) atoms. The van der Waals surface area contributed by atoms with Gasteiger partial charge in [0.05, 0.1) is 0 Å². The van der Waals surface area contributed by atoms with Crippen molar-refractivity contribution in [2.75, 3.05) is 6.54 Å². The highest BCUT2D eigenvalue weighted by molar-refractivity contribution is 6.35. The number of aryl methyl sites for hydroxylation is 1. The molecule has 0 aromatic heterocycles. The molecule has 0 aliphatic heterocycles. The molecular formula is C16H17Cl2N. The van der Waals surface area contributed by atoms with Crippen molar-refractivity contribution in [3.63, 3.8) is 0 Å². The van der Waals surface area contributed by atoms with Crippen molar-refractivity contribution < 1.29 is 0 Å². The summed E-state index contributed by atoms with van der Waals surface area (Å²) in [6, 6.07) is 12.0. The molecule has 0 aliphatic carbocycles. The zero-order valence-electron chi connectivity index (χ0n) is 11.1. The zero-order chi connectivity index (χ0) is 13.8. The standard InChI is InChI=1S/C16H17Cl2N/c1-3-19-10-12-4-6-14(11(2)8-12)15-9-13(17)5-7-16(15)18/h4-9,19H,3,10H2,1-2H3. The zero-order valence-corrected chi connectivity index (χ0v) is 12.6. The van der Waals surface area contributed by atoms with E-state index in [9.17, 15) is 0 Å². The van der Waals surface area contributed by atoms with Crippen LogP contribution in [0.1, 0.15) is 18.1 Å². The van der Waals surface area contributed by atoms with Gasteiger partial charge < -0.3 is 5.32 Å². The fourth-order valence-electron chi connectivity index (χ4n) is 2.11. The molecule has 0 unspecified atom stereocenters. The fraction of sp³-hybridized carbons (Fsp3) is 0.250. The monoisotopic (exact) mass is 293 g/mol. The Labute approximate surface area is 124 Å². The van der Waals surface area contributed by atoms with Gasteiger partial charge in [-0.2, -0.15) is 0 Å². The van der Waals surface area contributed by atoms with Crippen LogP contribution < -0.4 is 5.32 Å². The van der Waals surface area contributed by atoms with Gasteiger partial charge in [-0.15, -0.1) is 0 Å². The van der Waals surface area contributed by atoms with Gasteiger partial charge in [-0.1, -0.05) is 48.3 Å². The minimum Gasteiger partial charge on any atom is -0.313 e. The highest BCUT2D eigenvalue weighted by Crippen LogP contribution is 2.32. The lowest BCUT2D eigenvalue weighted by Crippen LogP contribution is -2.11. The largest absolute Gasteiger partial charge is 0.313 e. The Morgan fingerprint density at radius 3 is 2.47 bits per heavy atom. The molecule has 0 radical (unpaired) electrons. The number of hydrogen-bond donors (Lipinski definition) is 1. The van der Waals surface area contributed by atoms with Crippen LogP contribution in [-0.4, -0.2) is 6.54 Å². The molecule has 0 spiro atoms. The molecule has 0 amide bonds. The summed E-state index contributed by atoms with van der Waals surface area (Å²) in [6.45, 7) is 6.07. The Morgan fingerprint density at radius 1 is 1.00 bits per heavy atom. The molecule has 1 nitrogen and oxygen atoms in total. The molecule has 0 heterocycles. The lowest BCUT2D eigenvalue weighted by molar-refractivity contribution is 0.726. The lowest BCUT2D eigenvalue weighted by Gasteiger charge is -2.11. The SMILES string of the molecule is CCNCc1ccc(-c2cc(Cl)ccc2Cl)c(C)c1. The first-order chi connectivity index (χ1) is 9.11. The van der Waals surface area contributed by atoms with Crippen LogP contribution >= 0.6 is 23.2 Å². The van der Waals surface area contributed by atoms with Crippen molar-refractivity contribution in [3.8, 4) is 11.1 Å². The summed E-state index contributed by atoms with van der Waals surface area (Å²) in [6.07, 6.45) is 0. The molecular weight excluding hydrogens is 277 g/mol. The third kappa shape index (κ3) is 3.50. The van der Waals surface area contributed by atoms with Crippen LogP contribution in [-0.2, 0) is 6.54 Å². The van der Waals surface area contributed by atoms with Crippen LogP contribution in [0.2, 0.25) is 10.0 Å². The molecule has 1 N–H and O–H groups in total. The number of rotatable bonds is 4. The maximum absolute atomic E-state index is 6.26. The van der Waals surface area contributed by atoms with E-state index in [1.807, 2.05) is 18.2 Å². The predicted octanol–water partition coefficient (Wildman–Crippen LogP) is 5.08. The Morgan fingerprint density at radius 2 is 1.79 bits per heavy atom. The number of hydrogen-bond acceptors (Lipinski definition) is 1. The van der Waals surface area contributed by atoms with Crippen LogP contribution in [0, 0.1) is 6.92 Å². The first-order valence-corrected chi connectivity index (χ1v) is 7.13. The summed E-state index contributed by atoms with van der Waals surface area (Å²) in [4.78, 5) is 0. The van der Waals surface area contributed by atoms with E-state index in [-0.39, 0.29) is 0 Å². The van der Waals surface area contributed by atoms with E-state index < -0.39 is 0 Å². The van der Waals surface area contributed by atoms with Gasteiger partial charge in [0.1, 0.15) is 0 Å². The minimum absolute atomic E-state index is 0.704. The molecule has 2 aromatic carbocycles. The average Bonchev–Trinajstić information content (AvgIpc) is 2.40. The van der Waals surface area contributed by atoms with Crippen molar-refractivity contribution in [3.05, 3.63) is 57.6 Å². The summed E-state index contributed by atoms with van der Waals surface area (Å²) in [7, 11) is 0. The van der Waals surface area contributed by atoms with Gasteiger partial charge >= 0.3 is 0 Å². The molecule has 0 atom stereocenters. The highest BCUT2D eigenvalue weighted by Gasteiger charge is 2.08. The van der Waals surface area contributed by atoms with Crippen molar-refractivity contribution in [2.24, 2.45) is 0 Å². The second-order valence-corrected chi connectivity index (χ2v) is 5.40. The molecule has 0 fully saturated rings. The number of halogens is 2. The summed E-state index contributed by atoms with van der Waals surface area (Å²) < 4.78 is 0. The van der Waals surface area contributed by atoms with E-state index in [2.05, 4.69) is 37.4 Å². The summed E-state index contributed by atoms with van der Waals surface area (Å²) >= 11 is 12.3. The van der Waals surface area contributed by atoms with Crippen LogP contribution in [0.4, 0.5) is 0 Å². The van der Waals surface area contributed by atoms with Crippen molar-refractivity contribution >= 4 is 23.2 Å². The van der Waals surface area contributed by atoms with Gasteiger partial charge in [0.15, 0.2) is 0 Å². The summed E-state index contributed by atoms with van der Waals surface area (Å²) in [5, 5.41) is 4.76. The van der Waals surface area contributed by atoms with Gasteiger partial charge in [-0.05, 0) is 48.4 Å². The average molecular weight is 294 g/mol. The van der Waals surface area contributed by atoms with Gasteiger partial charge in [0, 0.05) is 22.2 Å². The second kappa shape index (κ2) is 6.42. The van der Waals surface area contributed by atoms with E-state index >= 15 is 0 Å². The summed E-state index contributed by atoms with van der Waals surface area (Å²) in [5.41, 5.74) is 4.61. The second-order valence-electron chi connectivity index (χ2n) is 4.55. The van der Waals surface area contributed by atoms with E-state index in [1.54, 1.807) is 0 Å². The van der Waals surface area contributed by atoms with E-state index in [0.29, 0.717) is 5.02 Å². The molecule has 0 bridgehead atoms. The molecule has 2 aromatic rings. The van der Waals surface area contributed by atoms with Crippen LogP contribution in [0.3, 0.4) is 0 Å². The minimum atomic E-state index is 0.704. The Hall–Kier alpha value is -1.02. The fourth-order valence-corrected chi connectivity index (χ4v) is 2.50. The molecule has 0 aliphatic rings. The molecule has 2 rings (SSSR count). The Balaban J connectivity index is 2.37. The smallest absolute Gasteiger partial charge is 0.0485 e. The number of nitrogens with one attached hydrogen (secondary N) is 1. The quantitative estimate of drug-likeness (QED) is 0.829. The first kappa shape index (κ1) is 14.4. The highest BCUT2D eigenvalue weighted by atomic mass is 35.5. The third-order valence-corrected chi connectivity index (χ3v) is 3.65. The van der Waals surface area contributed by atoms with Crippen molar-refractivity contribution in [1.82, 2.24) is 5.32 Å². The van der Waals surface area contributed by atoms with E-state index in [1.165, 1.54) is 11.1 Å². The van der Waals surface area contributed by atoms with Crippen LogP contribution in [0.5, 0.6) is 0 Å². The molecule has 0 saturated heterocycles. The maximum atomic E-state index is 6.26. The first-order valence-electron chi connectivity index (χ1n) is 6.37. The Bertz CT molecular complexity index is 579. The van der Waals surface area contributed by atoms with Crippen LogP contribution in [0.25, 0.3) is 11.1 Å². The lowest BCUT2D eigenvalue weighted by atomic mass is 9.98. The number of benzene rings is 2. The molecule has 0 saturated carbocycles. The Kier molecular flexibility index (Phi) is 4.87. The maximum Gasteiger partial charge on any atom is 0.0485 e. The van der Waals surface area contributed by atoms with E-state index in [4.69, 9.17) is 23.2 Å². The molecule has 100 valence electrons. The van der Waals surface area contributed by atoms with Gasteiger partial charge in [0.25, 0.3) is 0 Å². The van der Waals surface area contributed by atoms with Gasteiger partial charge in [-0.25, -0.2) is 0 Å². The van der Waals surface area contributed by atoms with Gasteiger partial charge in [0.2, 0.25) is 0 Å². The predicted molar refractivity (Wildman–Crippen MR) is 84.0 cm³/mol. The van der Waals surface area contributed by atoms with E-state index in [0.717, 1.165) is 29.2 Å². The topological polar surface area (TPSA) is 12.0 Å².